The monoisotopic (exact) mass is 267 g/mol. The molecule has 1 heterocycles. The lowest BCUT2D eigenvalue weighted by Crippen LogP contribution is -1.80. The van der Waals surface area contributed by atoms with Crippen LogP contribution in [-0.4, -0.2) is 10.1 Å². The number of aromatic hydroxyl groups is 1. The first-order valence-electron chi connectivity index (χ1n) is 6.04. The third-order valence-corrected chi connectivity index (χ3v) is 3.84. The number of aromatic nitrogens is 1. The highest BCUT2D eigenvalue weighted by atomic mass is 32.1. The average molecular weight is 267 g/mol. The van der Waals surface area contributed by atoms with Gasteiger partial charge >= 0.3 is 0 Å². The second-order valence-corrected chi connectivity index (χ2v) is 5.31. The molecule has 3 rings (SSSR count). The van der Waals surface area contributed by atoms with Gasteiger partial charge in [-0.1, -0.05) is 42.0 Å². The predicted octanol–water partition coefficient (Wildman–Crippen LogP) is 4.49. The van der Waals surface area contributed by atoms with Crippen LogP contribution in [0.3, 0.4) is 0 Å². The molecule has 1 N–H and O–H groups in total. The lowest BCUT2D eigenvalue weighted by Gasteiger charge is -1.98. The van der Waals surface area contributed by atoms with Gasteiger partial charge in [0.25, 0.3) is 0 Å². The van der Waals surface area contributed by atoms with Crippen LogP contribution >= 0.6 is 11.3 Å². The zero-order valence-electron chi connectivity index (χ0n) is 10.5. The highest BCUT2D eigenvalue weighted by Gasteiger charge is 2.06. The Bertz CT molecular complexity index is 701. The zero-order valence-corrected chi connectivity index (χ0v) is 11.3. The predicted molar refractivity (Wildman–Crippen MR) is 79.4 cm³/mol. The Balaban J connectivity index is 1.97. The molecule has 0 amide bonds. The number of phenols is 1. The number of rotatable bonds is 2. The fourth-order valence-electron chi connectivity index (χ4n) is 1.90. The van der Waals surface area contributed by atoms with Gasteiger partial charge in [-0.05, 0) is 19.1 Å². The van der Waals surface area contributed by atoms with E-state index in [1.54, 1.807) is 23.5 Å². The molecular formula is C16H13NOS. The molecule has 0 atom stereocenters. The first kappa shape index (κ1) is 11.9. The first-order valence-corrected chi connectivity index (χ1v) is 6.92. The molecule has 0 bridgehead atoms. The van der Waals surface area contributed by atoms with Gasteiger partial charge in [-0.15, -0.1) is 11.3 Å². The van der Waals surface area contributed by atoms with Gasteiger partial charge in [0.1, 0.15) is 10.8 Å². The number of aryl methyl sites for hydroxylation is 1. The summed E-state index contributed by atoms with van der Waals surface area (Å²) in [6, 6.07) is 15.5. The topological polar surface area (TPSA) is 33.1 Å². The zero-order chi connectivity index (χ0) is 13.2. The number of nitrogens with zero attached hydrogens (tertiary/aromatic N) is 1. The third-order valence-electron chi connectivity index (χ3n) is 2.94. The minimum absolute atomic E-state index is 0.268. The fourth-order valence-corrected chi connectivity index (χ4v) is 2.73. The van der Waals surface area contributed by atoms with E-state index in [4.69, 9.17) is 0 Å². The Morgan fingerprint density at radius 2 is 1.79 bits per heavy atom. The molecule has 2 aromatic carbocycles. The molecule has 94 valence electrons. The summed E-state index contributed by atoms with van der Waals surface area (Å²) in [7, 11) is 0. The van der Waals surface area contributed by atoms with Gasteiger partial charge in [-0.2, -0.15) is 0 Å². The van der Waals surface area contributed by atoms with Crippen molar-refractivity contribution in [3.05, 3.63) is 59.5 Å². The smallest absolute Gasteiger partial charge is 0.124 e. The third kappa shape index (κ3) is 2.51. The Morgan fingerprint density at radius 1 is 1.00 bits per heavy atom. The summed E-state index contributed by atoms with van der Waals surface area (Å²) in [5.41, 5.74) is 4.28. The van der Waals surface area contributed by atoms with Crippen molar-refractivity contribution in [3.8, 4) is 27.6 Å². The number of hydrogen-bond acceptors (Lipinski definition) is 3. The molecule has 0 aliphatic heterocycles. The van der Waals surface area contributed by atoms with Gasteiger partial charge in [0, 0.05) is 16.5 Å². The molecule has 0 aliphatic carbocycles. The minimum atomic E-state index is 0.268. The highest BCUT2D eigenvalue weighted by Crippen LogP contribution is 2.30. The molecular weight excluding hydrogens is 254 g/mol. The number of hydrogen-bond donors (Lipinski definition) is 1. The lowest BCUT2D eigenvalue weighted by molar-refractivity contribution is 0.475. The van der Waals surface area contributed by atoms with E-state index < -0.39 is 0 Å². The van der Waals surface area contributed by atoms with Crippen molar-refractivity contribution < 1.29 is 5.11 Å². The first-order chi connectivity index (χ1) is 9.22. The van der Waals surface area contributed by atoms with Gasteiger partial charge in [0.05, 0.1) is 5.69 Å². The molecule has 0 spiro atoms. The second-order valence-electron chi connectivity index (χ2n) is 4.45. The van der Waals surface area contributed by atoms with E-state index in [2.05, 4.69) is 36.2 Å². The van der Waals surface area contributed by atoms with Gasteiger partial charge in [0.2, 0.25) is 0 Å². The molecule has 0 saturated carbocycles. The van der Waals surface area contributed by atoms with Crippen molar-refractivity contribution in [1.29, 1.82) is 0 Å². The summed E-state index contributed by atoms with van der Waals surface area (Å²) in [6.07, 6.45) is 0. The van der Waals surface area contributed by atoms with Crippen LogP contribution in [0.15, 0.2) is 53.9 Å². The van der Waals surface area contributed by atoms with Crippen LogP contribution in [0.2, 0.25) is 0 Å². The lowest BCUT2D eigenvalue weighted by atomic mass is 10.1. The minimum Gasteiger partial charge on any atom is -0.508 e. The normalized spacial score (nSPS) is 10.6. The van der Waals surface area contributed by atoms with E-state index in [0.29, 0.717) is 0 Å². The summed E-state index contributed by atoms with van der Waals surface area (Å²) >= 11 is 1.59. The van der Waals surface area contributed by atoms with E-state index in [1.807, 2.05) is 17.5 Å². The van der Waals surface area contributed by atoms with Crippen molar-refractivity contribution in [2.24, 2.45) is 0 Å². The Labute approximate surface area is 116 Å². The van der Waals surface area contributed by atoms with E-state index in [0.717, 1.165) is 21.8 Å². The van der Waals surface area contributed by atoms with Gasteiger partial charge in [0.15, 0.2) is 0 Å². The van der Waals surface area contributed by atoms with Gasteiger partial charge in [-0.25, -0.2) is 4.98 Å². The SMILES string of the molecule is Cc1ccc(-c2csc(-c3cccc(O)c3)n2)cc1. The Morgan fingerprint density at radius 3 is 2.53 bits per heavy atom. The molecule has 1 aromatic heterocycles. The number of phenolic OH excluding ortho intramolecular Hbond substituents is 1. The van der Waals surface area contributed by atoms with Crippen LogP contribution in [0, 0.1) is 6.92 Å². The molecule has 0 saturated heterocycles. The molecule has 0 fully saturated rings. The maximum absolute atomic E-state index is 9.51. The van der Waals surface area contributed by atoms with Crippen LogP contribution in [0.5, 0.6) is 5.75 Å². The maximum Gasteiger partial charge on any atom is 0.124 e. The van der Waals surface area contributed by atoms with E-state index in [9.17, 15) is 5.11 Å². The van der Waals surface area contributed by atoms with Crippen LogP contribution in [0.4, 0.5) is 0 Å². The molecule has 3 aromatic rings. The summed E-state index contributed by atoms with van der Waals surface area (Å²) in [4.78, 5) is 4.63. The molecule has 0 radical (unpaired) electrons. The molecule has 0 unspecified atom stereocenters. The van der Waals surface area contributed by atoms with Crippen LogP contribution in [0.1, 0.15) is 5.56 Å². The van der Waals surface area contributed by atoms with E-state index >= 15 is 0 Å². The summed E-state index contributed by atoms with van der Waals surface area (Å²) in [6.45, 7) is 2.07. The van der Waals surface area contributed by atoms with Gasteiger partial charge in [-0.3, -0.25) is 0 Å². The van der Waals surface area contributed by atoms with Crippen molar-refractivity contribution in [2.45, 2.75) is 6.92 Å². The number of benzene rings is 2. The summed E-state index contributed by atoms with van der Waals surface area (Å²) in [5.74, 6) is 0.268. The number of thiazole rings is 1. The standard InChI is InChI=1S/C16H13NOS/c1-11-5-7-12(8-6-11)15-10-19-16(17-15)13-3-2-4-14(18)9-13/h2-10,18H,1H3. The quantitative estimate of drug-likeness (QED) is 0.742. The van der Waals surface area contributed by atoms with E-state index in [-0.39, 0.29) is 5.75 Å². The molecule has 0 aliphatic rings. The second kappa shape index (κ2) is 4.86. The summed E-state index contributed by atoms with van der Waals surface area (Å²) < 4.78 is 0. The van der Waals surface area contributed by atoms with Crippen molar-refractivity contribution in [2.75, 3.05) is 0 Å². The van der Waals surface area contributed by atoms with Gasteiger partial charge < -0.3 is 5.11 Å². The van der Waals surface area contributed by atoms with Crippen LogP contribution in [-0.2, 0) is 0 Å². The van der Waals surface area contributed by atoms with Crippen molar-refractivity contribution >= 4 is 11.3 Å². The average Bonchev–Trinajstić information content (AvgIpc) is 2.89. The van der Waals surface area contributed by atoms with Crippen molar-refractivity contribution in [1.82, 2.24) is 4.98 Å². The summed E-state index contributed by atoms with van der Waals surface area (Å²) in [5, 5.41) is 12.5. The molecule has 2 nitrogen and oxygen atoms in total. The Kier molecular flexibility index (Phi) is 3.05. The fraction of sp³-hybridized carbons (Fsp3) is 0.0625. The van der Waals surface area contributed by atoms with Crippen molar-refractivity contribution in [3.63, 3.8) is 0 Å². The van der Waals surface area contributed by atoms with Crippen LogP contribution in [0.25, 0.3) is 21.8 Å². The maximum atomic E-state index is 9.51. The Hall–Kier alpha value is -2.13. The molecule has 3 heteroatoms. The van der Waals surface area contributed by atoms with Crippen LogP contribution < -0.4 is 0 Å². The highest BCUT2D eigenvalue weighted by molar-refractivity contribution is 7.13. The van der Waals surface area contributed by atoms with E-state index in [1.165, 1.54) is 5.56 Å². The largest absolute Gasteiger partial charge is 0.508 e. The molecule has 19 heavy (non-hydrogen) atoms.